The molecule has 3 N–H and O–H groups in total. The molecule has 2 aromatic rings. The monoisotopic (exact) mass is 481 g/mol. The van der Waals surface area contributed by atoms with E-state index in [1.54, 1.807) is 0 Å². The van der Waals surface area contributed by atoms with Gasteiger partial charge in [0.2, 0.25) is 0 Å². The molecule has 27 heavy (non-hydrogen) atoms. The van der Waals surface area contributed by atoms with Crippen LogP contribution in [0, 0.1) is 12.8 Å². The van der Waals surface area contributed by atoms with Crippen molar-refractivity contribution >= 4 is 40.8 Å². The molecule has 2 aliphatic rings. The molecule has 0 spiro atoms. The molecule has 0 amide bonds. The van der Waals surface area contributed by atoms with Gasteiger partial charge in [-0.3, -0.25) is 4.99 Å². The highest BCUT2D eigenvalue weighted by molar-refractivity contribution is 14.0. The molecule has 1 atom stereocenters. The Morgan fingerprint density at radius 2 is 2.11 bits per heavy atom. The molecule has 1 aromatic carbocycles. The number of hydrogen-bond donors (Lipinski definition) is 3. The van der Waals surface area contributed by atoms with Crippen LogP contribution >= 0.6 is 24.0 Å². The van der Waals surface area contributed by atoms with Crippen LogP contribution in [0.1, 0.15) is 30.4 Å². The number of aliphatic imine (C=N–C) groups is 1. The highest BCUT2D eigenvalue weighted by atomic mass is 127. The van der Waals surface area contributed by atoms with Gasteiger partial charge in [-0.15, -0.1) is 24.0 Å². The number of aromatic nitrogens is 1. The molecule has 4 rings (SSSR count). The zero-order valence-corrected chi connectivity index (χ0v) is 18.8. The Hall–Kier alpha value is -1.28. The van der Waals surface area contributed by atoms with Crippen molar-refractivity contribution < 1.29 is 0 Å². The summed E-state index contributed by atoms with van der Waals surface area (Å²) in [6.45, 7) is 6.58. The van der Waals surface area contributed by atoms with Gasteiger partial charge >= 0.3 is 0 Å². The van der Waals surface area contributed by atoms with Gasteiger partial charge in [-0.25, -0.2) is 0 Å². The molecule has 1 aromatic heterocycles. The lowest BCUT2D eigenvalue weighted by atomic mass is 10.1. The van der Waals surface area contributed by atoms with Gasteiger partial charge in [-0.1, -0.05) is 12.1 Å². The van der Waals surface area contributed by atoms with E-state index >= 15 is 0 Å². The smallest absolute Gasteiger partial charge is 0.190 e. The molecule has 1 aliphatic heterocycles. The maximum Gasteiger partial charge on any atom is 0.190 e. The summed E-state index contributed by atoms with van der Waals surface area (Å²) in [5, 5.41) is 8.31. The fourth-order valence-electron chi connectivity index (χ4n) is 4.08. The summed E-state index contributed by atoms with van der Waals surface area (Å²) >= 11 is 0. The number of nitrogens with zero attached hydrogens (tertiary/aromatic N) is 2. The van der Waals surface area contributed by atoms with Gasteiger partial charge in [0.05, 0.1) is 0 Å². The molecule has 1 saturated heterocycles. The summed E-state index contributed by atoms with van der Waals surface area (Å²) in [5.41, 5.74) is 3.88. The highest BCUT2D eigenvalue weighted by Crippen LogP contribution is 2.31. The Balaban J connectivity index is 0.00000210. The number of hydrogen-bond acceptors (Lipinski definition) is 2. The van der Waals surface area contributed by atoms with Crippen LogP contribution in [0.3, 0.4) is 0 Å². The van der Waals surface area contributed by atoms with E-state index in [9.17, 15) is 0 Å². The number of benzene rings is 1. The minimum Gasteiger partial charge on any atom is -0.361 e. The van der Waals surface area contributed by atoms with Crippen molar-refractivity contribution in [2.75, 3.05) is 33.2 Å². The molecular formula is C21H32IN5. The summed E-state index contributed by atoms with van der Waals surface area (Å²) in [5.74, 6) is 1.68. The minimum atomic E-state index is 0. The lowest BCUT2D eigenvalue weighted by molar-refractivity contribution is 0.314. The molecule has 1 unspecified atom stereocenters. The van der Waals surface area contributed by atoms with E-state index < -0.39 is 0 Å². The van der Waals surface area contributed by atoms with Gasteiger partial charge in [0.15, 0.2) is 5.96 Å². The highest BCUT2D eigenvalue weighted by Gasteiger charge is 2.34. The van der Waals surface area contributed by atoms with Gasteiger partial charge in [0.25, 0.3) is 0 Å². The molecular weight excluding hydrogens is 449 g/mol. The first-order valence-electron chi connectivity index (χ1n) is 9.98. The van der Waals surface area contributed by atoms with E-state index in [-0.39, 0.29) is 24.0 Å². The van der Waals surface area contributed by atoms with Crippen LogP contribution in [0.4, 0.5) is 0 Å². The van der Waals surface area contributed by atoms with Gasteiger partial charge in [-0.2, -0.15) is 0 Å². The van der Waals surface area contributed by atoms with Crippen molar-refractivity contribution in [2.24, 2.45) is 10.9 Å². The van der Waals surface area contributed by atoms with Crippen LogP contribution in [-0.2, 0) is 6.42 Å². The zero-order chi connectivity index (χ0) is 17.9. The van der Waals surface area contributed by atoms with Crippen LogP contribution in [0.25, 0.3) is 10.9 Å². The number of fused-ring (bicyclic) bond motifs is 1. The number of likely N-dealkylation sites (tertiary alicyclic amines) is 1. The standard InChI is InChI=1S/C21H31N5.HI/c1-15-3-6-19-17(13-24-20(19)11-15)7-9-23-21(22-2)25-12-16-8-10-26(14-16)18-4-5-18;/h3,6,11,13,16,18,24H,4-5,7-10,12,14H2,1-2H3,(H2,22,23,25);1H. The van der Waals surface area contributed by atoms with Crippen molar-refractivity contribution in [1.29, 1.82) is 0 Å². The molecule has 1 saturated carbocycles. The number of nitrogens with one attached hydrogen (secondary N) is 3. The number of aryl methyl sites for hydroxylation is 1. The largest absolute Gasteiger partial charge is 0.361 e. The Bertz CT molecular complexity index is 780. The first kappa shape index (κ1) is 20.5. The van der Waals surface area contributed by atoms with Gasteiger partial charge in [-0.05, 0) is 62.3 Å². The second kappa shape index (κ2) is 9.28. The van der Waals surface area contributed by atoms with Gasteiger partial charge in [0.1, 0.15) is 0 Å². The molecule has 6 heteroatoms. The van der Waals surface area contributed by atoms with Crippen LogP contribution < -0.4 is 10.6 Å². The Labute approximate surface area is 179 Å². The number of halogens is 1. The van der Waals surface area contributed by atoms with Crippen molar-refractivity contribution in [2.45, 2.75) is 38.6 Å². The van der Waals surface area contributed by atoms with Crippen LogP contribution in [0.15, 0.2) is 29.4 Å². The average molecular weight is 481 g/mol. The minimum absolute atomic E-state index is 0. The maximum absolute atomic E-state index is 4.38. The summed E-state index contributed by atoms with van der Waals surface area (Å²) in [6.07, 6.45) is 7.26. The Morgan fingerprint density at radius 1 is 1.26 bits per heavy atom. The fraction of sp³-hybridized carbons (Fsp3) is 0.571. The van der Waals surface area contributed by atoms with Crippen molar-refractivity contribution in [3.63, 3.8) is 0 Å². The lowest BCUT2D eigenvalue weighted by Crippen LogP contribution is -2.41. The molecule has 2 heterocycles. The van der Waals surface area contributed by atoms with E-state index in [1.807, 2.05) is 7.05 Å². The summed E-state index contributed by atoms with van der Waals surface area (Å²) < 4.78 is 0. The SMILES string of the molecule is CN=C(NCCc1c[nH]c2cc(C)ccc12)NCC1CCN(C2CC2)C1.I. The van der Waals surface area contributed by atoms with E-state index in [2.05, 4.69) is 56.8 Å². The normalized spacial score (nSPS) is 20.7. The van der Waals surface area contributed by atoms with Crippen LogP contribution in [0.5, 0.6) is 0 Å². The fourth-order valence-corrected chi connectivity index (χ4v) is 4.08. The average Bonchev–Trinajstić information content (AvgIpc) is 3.26. The maximum atomic E-state index is 4.38. The van der Waals surface area contributed by atoms with Gasteiger partial charge in [0, 0.05) is 49.8 Å². The van der Waals surface area contributed by atoms with E-state index in [0.29, 0.717) is 0 Å². The third kappa shape index (κ3) is 5.16. The molecule has 148 valence electrons. The van der Waals surface area contributed by atoms with Crippen LogP contribution in [0.2, 0.25) is 0 Å². The summed E-state index contributed by atoms with van der Waals surface area (Å²) in [4.78, 5) is 10.4. The molecule has 2 fully saturated rings. The van der Waals surface area contributed by atoms with E-state index in [0.717, 1.165) is 37.4 Å². The second-order valence-electron chi connectivity index (χ2n) is 7.87. The van der Waals surface area contributed by atoms with Gasteiger partial charge < -0.3 is 20.5 Å². The summed E-state index contributed by atoms with van der Waals surface area (Å²) in [7, 11) is 1.86. The summed E-state index contributed by atoms with van der Waals surface area (Å²) in [6, 6.07) is 7.51. The molecule has 0 bridgehead atoms. The van der Waals surface area contributed by atoms with E-state index in [1.165, 1.54) is 54.4 Å². The predicted molar refractivity (Wildman–Crippen MR) is 124 cm³/mol. The number of guanidine groups is 1. The number of rotatable bonds is 6. The van der Waals surface area contributed by atoms with E-state index in [4.69, 9.17) is 0 Å². The second-order valence-corrected chi connectivity index (χ2v) is 7.87. The van der Waals surface area contributed by atoms with Crippen molar-refractivity contribution in [3.05, 3.63) is 35.5 Å². The lowest BCUT2D eigenvalue weighted by Gasteiger charge is -2.17. The molecule has 1 aliphatic carbocycles. The predicted octanol–water partition coefficient (Wildman–Crippen LogP) is 3.29. The quantitative estimate of drug-likeness (QED) is 0.337. The molecule has 0 radical (unpaired) electrons. The number of H-pyrrole nitrogens is 1. The molecule has 5 nitrogen and oxygen atoms in total. The van der Waals surface area contributed by atoms with Crippen molar-refractivity contribution in [1.82, 2.24) is 20.5 Å². The third-order valence-electron chi connectivity index (χ3n) is 5.77. The van der Waals surface area contributed by atoms with Crippen molar-refractivity contribution in [3.8, 4) is 0 Å². The first-order valence-corrected chi connectivity index (χ1v) is 9.98. The topological polar surface area (TPSA) is 55.5 Å². The Morgan fingerprint density at radius 3 is 2.89 bits per heavy atom. The third-order valence-corrected chi connectivity index (χ3v) is 5.77. The Kier molecular flexibility index (Phi) is 7.03. The first-order chi connectivity index (χ1) is 12.7. The number of aromatic amines is 1. The zero-order valence-electron chi connectivity index (χ0n) is 16.4. The van der Waals surface area contributed by atoms with Crippen LogP contribution in [-0.4, -0.2) is 55.1 Å².